The zero-order valence-electron chi connectivity index (χ0n) is 10.4. The summed E-state index contributed by atoms with van der Waals surface area (Å²) in [7, 11) is 1.05. The molecule has 4 heteroatoms. The molecule has 1 aromatic heterocycles. The fourth-order valence-corrected chi connectivity index (χ4v) is 4.53. The van der Waals surface area contributed by atoms with E-state index in [2.05, 4.69) is 24.0 Å². The minimum Gasteiger partial charge on any atom is -0.393 e. The van der Waals surface area contributed by atoms with E-state index in [1.807, 2.05) is 24.4 Å². The van der Waals surface area contributed by atoms with Crippen molar-refractivity contribution in [2.24, 2.45) is 0 Å². The van der Waals surface area contributed by atoms with Crippen LogP contribution in [0.2, 0.25) is 6.04 Å². The molecule has 0 radical (unpaired) electrons. The van der Waals surface area contributed by atoms with E-state index in [0.29, 0.717) is 0 Å². The summed E-state index contributed by atoms with van der Waals surface area (Å²) in [6.45, 7) is 2.09. The monoisotopic (exact) mass is 247 g/mol. The molecule has 1 aromatic carbocycles. The predicted octanol–water partition coefficient (Wildman–Crippen LogP) is 2.20. The topological polar surface area (TPSA) is 31.4 Å². The molecule has 2 rings (SSSR count). The Hall–Kier alpha value is -1.23. The summed E-state index contributed by atoms with van der Waals surface area (Å²) in [6.07, 6.45) is 1.83. The first-order valence-corrected chi connectivity index (χ1v) is 7.74. The molecule has 2 aromatic rings. The number of hydrogen-bond acceptors (Lipinski definition) is 3. The van der Waals surface area contributed by atoms with Crippen molar-refractivity contribution in [1.29, 1.82) is 0 Å². The van der Waals surface area contributed by atoms with E-state index in [1.54, 1.807) is 14.2 Å². The summed E-state index contributed by atoms with van der Waals surface area (Å²) in [4.78, 5) is 4.50. The van der Waals surface area contributed by atoms with Crippen molar-refractivity contribution in [3.05, 3.63) is 36.5 Å². The van der Waals surface area contributed by atoms with Crippen LogP contribution >= 0.6 is 0 Å². The van der Waals surface area contributed by atoms with Crippen LogP contribution in [0.4, 0.5) is 0 Å². The Morgan fingerprint density at radius 1 is 1.12 bits per heavy atom. The largest absolute Gasteiger partial charge is 0.393 e. The zero-order chi connectivity index (χ0) is 12.3. The second kappa shape index (κ2) is 4.95. The molecule has 1 heterocycles. The number of pyridine rings is 1. The number of hydrogen-bond donors (Lipinski definition) is 0. The molecule has 0 saturated heterocycles. The fraction of sp³-hybridized carbons (Fsp3) is 0.308. The first kappa shape index (κ1) is 12.2. The van der Waals surface area contributed by atoms with Gasteiger partial charge in [-0.1, -0.05) is 31.2 Å². The lowest BCUT2D eigenvalue weighted by Crippen LogP contribution is -2.53. The molecule has 0 aliphatic rings. The molecule has 0 N–H and O–H groups in total. The average Bonchev–Trinajstić information content (AvgIpc) is 2.41. The van der Waals surface area contributed by atoms with Gasteiger partial charge in [0.25, 0.3) is 0 Å². The van der Waals surface area contributed by atoms with Gasteiger partial charge in [0.1, 0.15) is 0 Å². The van der Waals surface area contributed by atoms with Crippen LogP contribution in [0.1, 0.15) is 6.92 Å². The van der Waals surface area contributed by atoms with Gasteiger partial charge in [-0.3, -0.25) is 4.98 Å². The van der Waals surface area contributed by atoms with E-state index >= 15 is 0 Å². The van der Waals surface area contributed by atoms with Crippen molar-refractivity contribution in [3.8, 4) is 0 Å². The van der Waals surface area contributed by atoms with Gasteiger partial charge in [0.15, 0.2) is 0 Å². The molecule has 3 nitrogen and oxygen atoms in total. The van der Waals surface area contributed by atoms with E-state index in [4.69, 9.17) is 8.85 Å². The predicted molar refractivity (Wildman–Crippen MR) is 71.6 cm³/mol. The summed E-state index contributed by atoms with van der Waals surface area (Å²) in [6, 6.07) is 11.1. The van der Waals surface area contributed by atoms with Crippen molar-refractivity contribution >= 4 is 24.7 Å². The molecule has 0 aliphatic heterocycles. The Labute approximate surface area is 103 Å². The van der Waals surface area contributed by atoms with Crippen LogP contribution in [0.3, 0.4) is 0 Å². The van der Waals surface area contributed by atoms with Crippen LogP contribution in [0.15, 0.2) is 36.5 Å². The lowest BCUT2D eigenvalue weighted by Gasteiger charge is -2.26. The summed E-state index contributed by atoms with van der Waals surface area (Å²) in [5.41, 5.74) is 0. The van der Waals surface area contributed by atoms with Gasteiger partial charge in [0.05, 0.1) is 5.32 Å². The lowest BCUT2D eigenvalue weighted by molar-refractivity contribution is 0.258. The molecule has 0 bridgehead atoms. The Balaban J connectivity index is 2.69. The number of nitrogens with zero attached hydrogens (tertiary/aromatic N) is 1. The first-order chi connectivity index (χ1) is 8.27. The third kappa shape index (κ3) is 1.99. The van der Waals surface area contributed by atoms with Crippen LogP contribution in [0.25, 0.3) is 10.8 Å². The van der Waals surface area contributed by atoms with Crippen molar-refractivity contribution < 1.29 is 8.85 Å². The minimum atomic E-state index is -2.37. The smallest absolute Gasteiger partial charge is 0.391 e. The van der Waals surface area contributed by atoms with Gasteiger partial charge in [-0.2, -0.15) is 0 Å². The number of rotatable bonds is 4. The van der Waals surface area contributed by atoms with Gasteiger partial charge in [-0.15, -0.1) is 0 Å². The second-order valence-electron chi connectivity index (χ2n) is 3.90. The number of fused-ring (bicyclic) bond motifs is 1. The van der Waals surface area contributed by atoms with Crippen molar-refractivity contribution in [1.82, 2.24) is 4.98 Å². The fourth-order valence-electron chi connectivity index (χ4n) is 2.16. The van der Waals surface area contributed by atoms with Crippen molar-refractivity contribution in [2.45, 2.75) is 13.0 Å². The Morgan fingerprint density at radius 3 is 2.47 bits per heavy atom. The van der Waals surface area contributed by atoms with Crippen molar-refractivity contribution in [3.63, 3.8) is 0 Å². The lowest BCUT2D eigenvalue weighted by atomic mass is 10.2. The summed E-state index contributed by atoms with van der Waals surface area (Å²) in [5, 5.41) is 3.28. The van der Waals surface area contributed by atoms with Crippen LogP contribution in [-0.4, -0.2) is 27.8 Å². The summed E-state index contributed by atoms with van der Waals surface area (Å²) >= 11 is 0. The third-order valence-electron chi connectivity index (χ3n) is 3.16. The molecular formula is C13H17NO2Si. The van der Waals surface area contributed by atoms with E-state index in [0.717, 1.165) is 16.7 Å². The van der Waals surface area contributed by atoms with E-state index < -0.39 is 8.56 Å². The maximum Gasteiger partial charge on any atom is 0.391 e. The van der Waals surface area contributed by atoms with Crippen molar-refractivity contribution in [2.75, 3.05) is 14.2 Å². The standard InChI is InChI=1S/C13H17NO2Si/c1-4-17(15-2,16-3)13-12-8-6-5-7-11(12)9-10-14-13/h5-10H,4H2,1-3H3. The second-order valence-corrected chi connectivity index (χ2v) is 7.40. The van der Waals surface area contributed by atoms with Gasteiger partial charge >= 0.3 is 8.56 Å². The maximum absolute atomic E-state index is 5.68. The molecule has 0 amide bonds. The molecular weight excluding hydrogens is 230 g/mol. The third-order valence-corrected chi connectivity index (χ3v) is 6.53. The zero-order valence-corrected chi connectivity index (χ0v) is 11.4. The van der Waals surface area contributed by atoms with E-state index in [9.17, 15) is 0 Å². The average molecular weight is 247 g/mol. The van der Waals surface area contributed by atoms with Crippen LogP contribution in [0.5, 0.6) is 0 Å². The van der Waals surface area contributed by atoms with Crippen LogP contribution in [0, 0.1) is 0 Å². The molecule has 0 fully saturated rings. The van der Waals surface area contributed by atoms with Gasteiger partial charge < -0.3 is 8.85 Å². The quantitative estimate of drug-likeness (QED) is 0.776. The maximum atomic E-state index is 5.68. The highest BCUT2D eigenvalue weighted by atomic mass is 28.4. The summed E-state index contributed by atoms with van der Waals surface area (Å²) < 4.78 is 11.4. The molecule has 0 spiro atoms. The van der Waals surface area contributed by atoms with Crippen LogP contribution in [-0.2, 0) is 8.85 Å². The number of benzene rings is 1. The molecule has 17 heavy (non-hydrogen) atoms. The van der Waals surface area contributed by atoms with E-state index in [1.165, 1.54) is 5.39 Å². The highest BCUT2D eigenvalue weighted by Crippen LogP contribution is 2.17. The van der Waals surface area contributed by atoms with Gasteiger partial charge in [-0.05, 0) is 17.5 Å². The SMILES string of the molecule is CC[Si](OC)(OC)c1nccc2ccccc12. The molecule has 0 saturated carbocycles. The Morgan fingerprint density at radius 2 is 1.82 bits per heavy atom. The van der Waals surface area contributed by atoms with Crippen LogP contribution < -0.4 is 5.32 Å². The highest BCUT2D eigenvalue weighted by Gasteiger charge is 2.39. The Kier molecular flexibility index (Phi) is 3.56. The van der Waals surface area contributed by atoms with Gasteiger partial charge in [0, 0.05) is 25.8 Å². The van der Waals surface area contributed by atoms with E-state index in [-0.39, 0.29) is 0 Å². The highest BCUT2D eigenvalue weighted by molar-refractivity contribution is 6.82. The molecule has 90 valence electrons. The minimum absolute atomic E-state index is 0.848. The molecule has 0 unspecified atom stereocenters. The normalized spacial score (nSPS) is 11.9. The van der Waals surface area contributed by atoms with Gasteiger partial charge in [0.2, 0.25) is 0 Å². The molecule has 0 aliphatic carbocycles. The molecule has 0 atom stereocenters. The Bertz CT molecular complexity index is 498. The van der Waals surface area contributed by atoms with Gasteiger partial charge in [-0.25, -0.2) is 0 Å². The number of aromatic nitrogens is 1. The summed E-state index contributed by atoms with van der Waals surface area (Å²) in [5.74, 6) is 0. The first-order valence-electron chi connectivity index (χ1n) is 5.72.